The summed E-state index contributed by atoms with van der Waals surface area (Å²) in [6.07, 6.45) is 3.71. The summed E-state index contributed by atoms with van der Waals surface area (Å²) >= 11 is 4.95. The molecule has 0 radical (unpaired) electrons. The van der Waals surface area contributed by atoms with Gasteiger partial charge in [0, 0.05) is 28.2 Å². The lowest BCUT2D eigenvalue weighted by Crippen LogP contribution is -2.13. The van der Waals surface area contributed by atoms with Crippen LogP contribution in [0.5, 0.6) is 0 Å². The fourth-order valence-corrected chi connectivity index (χ4v) is 3.17. The number of nitrogen functional groups attached to an aromatic ring is 1. The van der Waals surface area contributed by atoms with E-state index in [0.717, 1.165) is 19.8 Å². The highest BCUT2D eigenvalue weighted by molar-refractivity contribution is 9.10. The van der Waals surface area contributed by atoms with E-state index in [9.17, 15) is 0 Å². The number of nitrogens with zero attached hydrogens (tertiary/aromatic N) is 2. The Hall–Kier alpha value is -1.27. The minimum absolute atomic E-state index is 0.0591. The summed E-state index contributed by atoms with van der Waals surface area (Å²) in [5.74, 6) is 0.0591. The van der Waals surface area contributed by atoms with Crippen LogP contribution in [0.1, 0.15) is 5.56 Å². The second kappa shape index (κ2) is 4.93. The monoisotopic (exact) mass is 310 g/mol. The number of amidine groups is 1. The lowest BCUT2D eigenvalue weighted by Gasteiger charge is -2.08. The Morgan fingerprint density at radius 1 is 1.53 bits per heavy atom. The van der Waals surface area contributed by atoms with Gasteiger partial charge >= 0.3 is 0 Å². The highest BCUT2D eigenvalue weighted by Crippen LogP contribution is 2.33. The summed E-state index contributed by atoms with van der Waals surface area (Å²) in [5.41, 5.74) is 6.32. The standard InChI is InChI=1S/C11H11BrN4S/c1-16-6-7(5-15-16)17-9-4-2-3-8(12)10(9)11(13)14/h2-6H,1H3,(H3,13,14). The van der Waals surface area contributed by atoms with Gasteiger partial charge in [-0.3, -0.25) is 10.1 Å². The van der Waals surface area contributed by atoms with E-state index >= 15 is 0 Å². The molecule has 88 valence electrons. The van der Waals surface area contributed by atoms with Crippen LogP contribution >= 0.6 is 27.7 Å². The Kier molecular flexibility index (Phi) is 3.54. The molecule has 0 fully saturated rings. The first-order chi connectivity index (χ1) is 8.08. The Morgan fingerprint density at radius 2 is 2.29 bits per heavy atom. The fourth-order valence-electron chi connectivity index (χ4n) is 1.43. The molecule has 0 aliphatic rings. The molecule has 0 aliphatic heterocycles. The summed E-state index contributed by atoms with van der Waals surface area (Å²) in [6, 6.07) is 5.75. The van der Waals surface area contributed by atoms with Crippen molar-refractivity contribution in [2.45, 2.75) is 9.79 Å². The van der Waals surface area contributed by atoms with E-state index in [2.05, 4.69) is 21.0 Å². The van der Waals surface area contributed by atoms with Gasteiger partial charge in [-0.25, -0.2) is 0 Å². The molecule has 1 heterocycles. The normalized spacial score (nSPS) is 10.5. The van der Waals surface area contributed by atoms with Crippen molar-refractivity contribution < 1.29 is 0 Å². The predicted molar refractivity (Wildman–Crippen MR) is 72.5 cm³/mol. The first kappa shape index (κ1) is 12.2. The van der Waals surface area contributed by atoms with Gasteiger partial charge in [-0.1, -0.05) is 17.8 Å². The molecule has 0 saturated heterocycles. The number of nitrogens with one attached hydrogen (secondary N) is 1. The molecule has 3 N–H and O–H groups in total. The van der Waals surface area contributed by atoms with Gasteiger partial charge in [-0.15, -0.1) is 0 Å². The number of halogens is 1. The summed E-state index contributed by atoms with van der Waals surface area (Å²) < 4.78 is 2.58. The van der Waals surface area contributed by atoms with E-state index in [0.29, 0.717) is 0 Å². The lowest BCUT2D eigenvalue weighted by molar-refractivity contribution is 0.766. The molecular weight excluding hydrogens is 300 g/mol. The van der Waals surface area contributed by atoms with Gasteiger partial charge in [0.15, 0.2) is 0 Å². The molecule has 0 bridgehead atoms. The molecule has 1 aromatic carbocycles. The number of rotatable bonds is 3. The minimum atomic E-state index is 0.0591. The molecular formula is C11H11BrN4S. The van der Waals surface area contributed by atoms with Crippen molar-refractivity contribution in [3.8, 4) is 0 Å². The molecule has 2 rings (SSSR count). The molecule has 17 heavy (non-hydrogen) atoms. The van der Waals surface area contributed by atoms with Crippen molar-refractivity contribution in [2.75, 3.05) is 0 Å². The molecule has 2 aromatic rings. The van der Waals surface area contributed by atoms with Crippen LogP contribution in [-0.2, 0) is 7.05 Å². The topological polar surface area (TPSA) is 67.7 Å². The van der Waals surface area contributed by atoms with Gasteiger partial charge in [0.25, 0.3) is 0 Å². The van der Waals surface area contributed by atoms with Crippen LogP contribution in [0.4, 0.5) is 0 Å². The molecule has 0 unspecified atom stereocenters. The number of hydrogen-bond acceptors (Lipinski definition) is 3. The summed E-state index contributed by atoms with van der Waals surface area (Å²) in [7, 11) is 1.87. The van der Waals surface area contributed by atoms with Gasteiger partial charge in [0.1, 0.15) is 5.84 Å². The third-order valence-electron chi connectivity index (χ3n) is 2.15. The second-order valence-corrected chi connectivity index (χ2v) is 5.45. The van der Waals surface area contributed by atoms with Crippen molar-refractivity contribution in [3.05, 3.63) is 40.6 Å². The Labute approximate surface area is 112 Å². The molecule has 0 atom stereocenters. The lowest BCUT2D eigenvalue weighted by atomic mass is 10.2. The maximum Gasteiger partial charge on any atom is 0.125 e. The van der Waals surface area contributed by atoms with E-state index in [-0.39, 0.29) is 5.84 Å². The van der Waals surface area contributed by atoms with E-state index in [4.69, 9.17) is 11.1 Å². The Bertz CT molecular complexity index is 564. The van der Waals surface area contributed by atoms with Gasteiger partial charge in [-0.05, 0) is 28.1 Å². The molecule has 0 saturated carbocycles. The highest BCUT2D eigenvalue weighted by atomic mass is 79.9. The Morgan fingerprint density at radius 3 is 2.88 bits per heavy atom. The zero-order chi connectivity index (χ0) is 12.4. The smallest absolute Gasteiger partial charge is 0.125 e. The molecule has 4 nitrogen and oxygen atoms in total. The largest absolute Gasteiger partial charge is 0.384 e. The number of hydrogen-bond donors (Lipinski definition) is 2. The highest BCUT2D eigenvalue weighted by Gasteiger charge is 2.11. The first-order valence-corrected chi connectivity index (χ1v) is 6.48. The zero-order valence-corrected chi connectivity index (χ0v) is 11.5. The van der Waals surface area contributed by atoms with Crippen LogP contribution in [-0.4, -0.2) is 15.6 Å². The molecule has 0 aliphatic carbocycles. The van der Waals surface area contributed by atoms with Crippen LogP contribution in [0, 0.1) is 5.41 Å². The summed E-state index contributed by atoms with van der Waals surface area (Å²) in [4.78, 5) is 1.97. The van der Waals surface area contributed by atoms with Crippen LogP contribution in [0.3, 0.4) is 0 Å². The van der Waals surface area contributed by atoms with Crippen molar-refractivity contribution in [1.29, 1.82) is 5.41 Å². The van der Waals surface area contributed by atoms with Gasteiger partial charge in [-0.2, -0.15) is 5.10 Å². The van der Waals surface area contributed by atoms with Crippen molar-refractivity contribution in [2.24, 2.45) is 12.8 Å². The average Bonchev–Trinajstić information content (AvgIpc) is 2.63. The van der Waals surface area contributed by atoms with Crippen molar-refractivity contribution in [3.63, 3.8) is 0 Å². The maximum absolute atomic E-state index is 7.60. The summed E-state index contributed by atoms with van der Waals surface area (Å²) in [5, 5.41) is 11.7. The van der Waals surface area contributed by atoms with Crippen LogP contribution in [0.2, 0.25) is 0 Å². The molecule has 0 spiro atoms. The molecule has 6 heteroatoms. The van der Waals surface area contributed by atoms with Gasteiger partial charge < -0.3 is 5.73 Å². The van der Waals surface area contributed by atoms with Crippen molar-refractivity contribution in [1.82, 2.24) is 9.78 Å². The number of nitrogens with two attached hydrogens (primary N) is 1. The minimum Gasteiger partial charge on any atom is -0.384 e. The third kappa shape index (κ3) is 2.70. The molecule has 1 aromatic heterocycles. The zero-order valence-electron chi connectivity index (χ0n) is 9.14. The van der Waals surface area contributed by atoms with Gasteiger partial charge in [0.05, 0.1) is 11.1 Å². The predicted octanol–water partition coefficient (Wildman–Crippen LogP) is 2.62. The maximum atomic E-state index is 7.60. The number of aromatic nitrogens is 2. The Balaban J connectivity index is 2.39. The van der Waals surface area contributed by atoms with Crippen molar-refractivity contribution >= 4 is 33.5 Å². The summed E-state index contributed by atoms with van der Waals surface area (Å²) in [6.45, 7) is 0. The quantitative estimate of drug-likeness (QED) is 0.676. The average molecular weight is 311 g/mol. The first-order valence-electron chi connectivity index (χ1n) is 4.87. The SMILES string of the molecule is Cn1cc(Sc2cccc(Br)c2C(=N)N)cn1. The third-order valence-corrected chi connectivity index (χ3v) is 3.82. The number of aryl methyl sites for hydroxylation is 1. The van der Waals surface area contributed by atoms with Crippen LogP contribution in [0.25, 0.3) is 0 Å². The van der Waals surface area contributed by atoms with Crippen LogP contribution < -0.4 is 5.73 Å². The van der Waals surface area contributed by atoms with E-state index in [1.807, 2.05) is 31.4 Å². The number of benzene rings is 1. The van der Waals surface area contributed by atoms with Gasteiger partial charge in [0.2, 0.25) is 0 Å². The van der Waals surface area contributed by atoms with Crippen LogP contribution in [0.15, 0.2) is 44.9 Å². The fraction of sp³-hybridized carbons (Fsp3) is 0.0909. The van der Waals surface area contributed by atoms with E-state index in [1.54, 1.807) is 22.6 Å². The second-order valence-electron chi connectivity index (χ2n) is 3.48. The van der Waals surface area contributed by atoms with E-state index in [1.165, 1.54) is 0 Å². The van der Waals surface area contributed by atoms with E-state index < -0.39 is 0 Å². The molecule has 0 amide bonds.